The van der Waals surface area contributed by atoms with E-state index in [9.17, 15) is 9.59 Å². The molecule has 0 spiro atoms. The Morgan fingerprint density at radius 3 is 2.53 bits per heavy atom. The summed E-state index contributed by atoms with van der Waals surface area (Å²) in [7, 11) is 0. The average molecular weight is 293 g/mol. The molecule has 0 aromatic heterocycles. The number of halogens is 2. The number of nitrogens with one attached hydrogen (secondary N) is 2. The number of hydrogen-bond donors (Lipinski definition) is 2. The molecule has 0 aliphatic rings. The Bertz CT molecular complexity index is 440. The summed E-state index contributed by atoms with van der Waals surface area (Å²) in [6.07, 6.45) is 0. The molecule has 0 heterocycles. The standard InChI is InChI=1S/C10H10Cl2N2O2S/c1-2-17-10(16)14-13-9(15)6-3-4-7(11)8(12)5-6/h3-5H,2H2,1H3,(H,13,15)(H,14,16). The highest BCUT2D eigenvalue weighted by Gasteiger charge is 2.08. The molecule has 0 bridgehead atoms. The predicted molar refractivity (Wildman–Crippen MR) is 70.6 cm³/mol. The Morgan fingerprint density at radius 1 is 1.24 bits per heavy atom. The number of carbonyl (C=O) groups excluding carboxylic acids is 2. The maximum absolute atomic E-state index is 11.6. The average Bonchev–Trinajstić information content (AvgIpc) is 2.30. The normalized spacial score (nSPS) is 9.82. The maximum Gasteiger partial charge on any atom is 0.297 e. The molecule has 0 radical (unpaired) electrons. The number of thioether (sulfide) groups is 1. The molecule has 0 aliphatic carbocycles. The number of rotatable bonds is 2. The first-order valence-electron chi connectivity index (χ1n) is 4.72. The summed E-state index contributed by atoms with van der Waals surface area (Å²) in [5.41, 5.74) is 4.85. The second-order valence-electron chi connectivity index (χ2n) is 2.93. The Morgan fingerprint density at radius 2 is 1.94 bits per heavy atom. The van der Waals surface area contributed by atoms with Gasteiger partial charge in [0.05, 0.1) is 10.0 Å². The van der Waals surface area contributed by atoms with Crippen LogP contribution in [0.2, 0.25) is 10.0 Å². The monoisotopic (exact) mass is 292 g/mol. The fraction of sp³-hybridized carbons (Fsp3) is 0.200. The molecule has 0 aliphatic heterocycles. The predicted octanol–water partition coefficient (Wildman–Crippen LogP) is 3.10. The van der Waals surface area contributed by atoms with E-state index in [0.717, 1.165) is 11.8 Å². The van der Waals surface area contributed by atoms with Gasteiger partial charge in [-0.15, -0.1) is 0 Å². The van der Waals surface area contributed by atoms with Crippen molar-refractivity contribution in [1.82, 2.24) is 10.9 Å². The molecule has 0 fully saturated rings. The summed E-state index contributed by atoms with van der Waals surface area (Å²) in [6.45, 7) is 1.84. The summed E-state index contributed by atoms with van der Waals surface area (Å²) < 4.78 is 0. The quantitative estimate of drug-likeness (QED) is 0.824. The van der Waals surface area contributed by atoms with Gasteiger partial charge in [-0.25, -0.2) is 0 Å². The Kier molecular flexibility index (Phi) is 5.61. The number of hydrazine groups is 1. The zero-order chi connectivity index (χ0) is 12.8. The number of amides is 2. The van der Waals surface area contributed by atoms with Crippen molar-refractivity contribution in [3.05, 3.63) is 33.8 Å². The molecule has 2 amide bonds. The SMILES string of the molecule is CCSC(=O)NNC(=O)c1ccc(Cl)c(Cl)c1. The smallest absolute Gasteiger partial charge is 0.267 e. The van der Waals surface area contributed by atoms with E-state index in [4.69, 9.17) is 23.2 Å². The van der Waals surface area contributed by atoms with Crippen LogP contribution in [-0.2, 0) is 0 Å². The second-order valence-corrected chi connectivity index (χ2v) is 4.98. The van der Waals surface area contributed by atoms with Crippen molar-refractivity contribution in [2.24, 2.45) is 0 Å². The van der Waals surface area contributed by atoms with E-state index in [2.05, 4.69) is 10.9 Å². The van der Waals surface area contributed by atoms with Crippen molar-refractivity contribution in [1.29, 1.82) is 0 Å². The second kappa shape index (κ2) is 6.74. The van der Waals surface area contributed by atoms with E-state index in [-0.39, 0.29) is 10.3 Å². The highest BCUT2D eigenvalue weighted by atomic mass is 35.5. The molecule has 17 heavy (non-hydrogen) atoms. The lowest BCUT2D eigenvalue weighted by atomic mass is 10.2. The molecule has 0 unspecified atom stereocenters. The molecule has 7 heteroatoms. The van der Waals surface area contributed by atoms with Crippen LogP contribution in [0.1, 0.15) is 17.3 Å². The summed E-state index contributed by atoms with van der Waals surface area (Å²) in [6, 6.07) is 4.46. The Balaban J connectivity index is 2.58. The third kappa shape index (κ3) is 4.46. The van der Waals surface area contributed by atoms with Gasteiger partial charge in [0.25, 0.3) is 11.1 Å². The molecule has 1 rings (SSSR count). The summed E-state index contributed by atoms with van der Waals surface area (Å²) in [4.78, 5) is 22.7. The lowest BCUT2D eigenvalue weighted by molar-refractivity contribution is 0.0939. The summed E-state index contributed by atoms with van der Waals surface area (Å²) in [5, 5.41) is 0.336. The van der Waals surface area contributed by atoms with Crippen molar-refractivity contribution >= 4 is 46.1 Å². The number of benzene rings is 1. The highest BCUT2D eigenvalue weighted by Crippen LogP contribution is 2.22. The van der Waals surface area contributed by atoms with Crippen molar-refractivity contribution in [3.63, 3.8) is 0 Å². The van der Waals surface area contributed by atoms with E-state index >= 15 is 0 Å². The van der Waals surface area contributed by atoms with Crippen molar-refractivity contribution in [3.8, 4) is 0 Å². The van der Waals surface area contributed by atoms with Crippen molar-refractivity contribution in [2.75, 3.05) is 5.75 Å². The molecule has 0 saturated carbocycles. The van der Waals surface area contributed by atoms with Gasteiger partial charge in [-0.1, -0.05) is 41.9 Å². The lowest BCUT2D eigenvalue weighted by Gasteiger charge is -2.06. The molecular formula is C10H10Cl2N2O2S. The van der Waals surface area contributed by atoms with Crippen LogP contribution >= 0.6 is 35.0 Å². The van der Waals surface area contributed by atoms with Crippen molar-refractivity contribution < 1.29 is 9.59 Å². The maximum atomic E-state index is 11.6. The van der Waals surface area contributed by atoms with Gasteiger partial charge in [-0.3, -0.25) is 20.4 Å². The minimum absolute atomic E-state index is 0.286. The van der Waals surface area contributed by atoms with Gasteiger partial charge in [0.15, 0.2) is 0 Å². The van der Waals surface area contributed by atoms with E-state index < -0.39 is 5.91 Å². The van der Waals surface area contributed by atoms with Crippen LogP contribution in [0.5, 0.6) is 0 Å². The highest BCUT2D eigenvalue weighted by molar-refractivity contribution is 8.13. The summed E-state index contributed by atoms with van der Waals surface area (Å²) >= 11 is 12.5. The molecular weight excluding hydrogens is 283 g/mol. The topological polar surface area (TPSA) is 58.2 Å². The largest absolute Gasteiger partial charge is 0.297 e. The van der Waals surface area contributed by atoms with Crippen LogP contribution < -0.4 is 10.9 Å². The minimum atomic E-state index is -0.450. The van der Waals surface area contributed by atoms with E-state index in [1.54, 1.807) is 0 Å². The Labute approximate surface area is 113 Å². The van der Waals surface area contributed by atoms with Gasteiger partial charge in [-0.05, 0) is 24.0 Å². The minimum Gasteiger partial charge on any atom is -0.267 e. The number of carbonyl (C=O) groups is 2. The summed E-state index contributed by atoms with van der Waals surface area (Å²) in [5.74, 6) is 0.183. The fourth-order valence-corrected chi connectivity index (χ4v) is 1.67. The molecule has 0 atom stereocenters. The van der Waals surface area contributed by atoms with Crippen LogP contribution in [0.15, 0.2) is 18.2 Å². The van der Waals surface area contributed by atoms with Gasteiger partial charge >= 0.3 is 0 Å². The third-order valence-corrected chi connectivity index (χ3v) is 3.13. The first kappa shape index (κ1) is 14.2. The van der Waals surface area contributed by atoms with Gasteiger partial charge in [0, 0.05) is 5.56 Å². The fourth-order valence-electron chi connectivity index (χ4n) is 0.985. The van der Waals surface area contributed by atoms with Gasteiger partial charge in [0.2, 0.25) is 0 Å². The van der Waals surface area contributed by atoms with E-state index in [1.165, 1.54) is 18.2 Å². The van der Waals surface area contributed by atoms with Crippen LogP contribution in [0.3, 0.4) is 0 Å². The van der Waals surface area contributed by atoms with E-state index in [0.29, 0.717) is 16.3 Å². The van der Waals surface area contributed by atoms with Gasteiger partial charge in [-0.2, -0.15) is 0 Å². The van der Waals surface area contributed by atoms with E-state index in [1.807, 2.05) is 6.92 Å². The molecule has 92 valence electrons. The molecule has 1 aromatic carbocycles. The van der Waals surface area contributed by atoms with Crippen LogP contribution in [0.25, 0.3) is 0 Å². The van der Waals surface area contributed by atoms with Gasteiger partial charge < -0.3 is 0 Å². The molecule has 0 saturated heterocycles. The number of hydrogen-bond acceptors (Lipinski definition) is 3. The zero-order valence-electron chi connectivity index (χ0n) is 8.92. The van der Waals surface area contributed by atoms with Gasteiger partial charge in [0.1, 0.15) is 0 Å². The van der Waals surface area contributed by atoms with Crippen LogP contribution in [-0.4, -0.2) is 16.9 Å². The first-order chi connectivity index (χ1) is 8.04. The lowest BCUT2D eigenvalue weighted by Crippen LogP contribution is -2.39. The Hall–Kier alpha value is -0.910. The zero-order valence-corrected chi connectivity index (χ0v) is 11.2. The van der Waals surface area contributed by atoms with Crippen molar-refractivity contribution in [2.45, 2.75) is 6.92 Å². The first-order valence-corrected chi connectivity index (χ1v) is 6.47. The molecule has 2 N–H and O–H groups in total. The van der Waals surface area contributed by atoms with Crippen LogP contribution in [0.4, 0.5) is 4.79 Å². The molecule has 4 nitrogen and oxygen atoms in total. The molecule has 1 aromatic rings. The third-order valence-electron chi connectivity index (χ3n) is 1.74. The van der Waals surface area contributed by atoms with Crippen LogP contribution in [0, 0.1) is 0 Å².